The quantitative estimate of drug-likeness (QED) is 0.702. The van der Waals surface area contributed by atoms with Crippen molar-refractivity contribution in [1.82, 2.24) is 5.32 Å². The summed E-state index contributed by atoms with van der Waals surface area (Å²) in [4.78, 5) is 16.2. The summed E-state index contributed by atoms with van der Waals surface area (Å²) in [5.41, 5.74) is 0. The monoisotopic (exact) mass is 184 g/mol. The van der Waals surface area contributed by atoms with Crippen molar-refractivity contribution < 1.29 is 9.63 Å². The molecule has 1 atom stereocenters. The van der Waals surface area contributed by atoms with Crippen molar-refractivity contribution in [3.63, 3.8) is 0 Å². The fourth-order valence-electron chi connectivity index (χ4n) is 1.16. The minimum absolute atomic E-state index is 0.0199. The van der Waals surface area contributed by atoms with Gasteiger partial charge in [-0.2, -0.15) is 0 Å². The summed E-state index contributed by atoms with van der Waals surface area (Å²) in [5, 5.41) is 6.48. The average Bonchev–Trinajstić information content (AvgIpc) is 2.33. The first-order chi connectivity index (χ1) is 6.08. The lowest BCUT2D eigenvalue weighted by atomic mass is 10.1. The number of amides is 1. The van der Waals surface area contributed by atoms with Gasteiger partial charge in [0.2, 0.25) is 5.91 Å². The van der Waals surface area contributed by atoms with E-state index in [1.165, 1.54) is 0 Å². The lowest BCUT2D eigenvalue weighted by Gasteiger charge is -2.04. The van der Waals surface area contributed by atoms with Crippen molar-refractivity contribution in [2.24, 2.45) is 11.1 Å². The maximum atomic E-state index is 11.3. The molecule has 0 bridgehead atoms. The minimum Gasteiger partial charge on any atom is -0.391 e. The maximum absolute atomic E-state index is 11.3. The second-order valence-corrected chi connectivity index (χ2v) is 3.80. The van der Waals surface area contributed by atoms with Crippen molar-refractivity contribution in [2.75, 3.05) is 0 Å². The van der Waals surface area contributed by atoms with Gasteiger partial charge in [-0.15, -0.1) is 0 Å². The largest absolute Gasteiger partial charge is 0.391 e. The van der Waals surface area contributed by atoms with Crippen molar-refractivity contribution in [2.45, 2.75) is 39.7 Å². The lowest BCUT2D eigenvalue weighted by Crippen LogP contribution is -2.30. The van der Waals surface area contributed by atoms with Gasteiger partial charge >= 0.3 is 0 Å². The van der Waals surface area contributed by atoms with Gasteiger partial charge in [-0.1, -0.05) is 19.0 Å². The summed E-state index contributed by atoms with van der Waals surface area (Å²) in [6.07, 6.45) is 1.33. The molecule has 0 saturated carbocycles. The molecule has 1 N–H and O–H groups in total. The fraction of sp³-hybridized carbons (Fsp3) is 0.778. The van der Waals surface area contributed by atoms with Crippen LogP contribution in [0.5, 0.6) is 0 Å². The van der Waals surface area contributed by atoms with Gasteiger partial charge in [0, 0.05) is 12.8 Å². The van der Waals surface area contributed by atoms with Crippen molar-refractivity contribution >= 4 is 11.7 Å². The molecular weight excluding hydrogens is 168 g/mol. The summed E-state index contributed by atoms with van der Waals surface area (Å²) >= 11 is 0. The molecule has 0 spiro atoms. The number of nitrogens with zero attached hydrogens (tertiary/aromatic N) is 1. The predicted octanol–water partition coefficient (Wildman–Crippen LogP) is 1.27. The van der Waals surface area contributed by atoms with Crippen LogP contribution in [0.2, 0.25) is 0 Å². The Morgan fingerprint density at radius 1 is 1.77 bits per heavy atom. The third-order valence-electron chi connectivity index (χ3n) is 1.70. The zero-order valence-corrected chi connectivity index (χ0v) is 8.33. The SMILES string of the molecule is CC(C)CC(=O)NC1=NOC(C)C1. The van der Waals surface area contributed by atoms with Crippen LogP contribution in [0.15, 0.2) is 5.16 Å². The normalized spacial score (nSPS) is 21.2. The van der Waals surface area contributed by atoms with Crippen LogP contribution in [-0.2, 0) is 9.63 Å². The van der Waals surface area contributed by atoms with E-state index in [2.05, 4.69) is 10.5 Å². The molecule has 0 fully saturated rings. The molecule has 1 heterocycles. The van der Waals surface area contributed by atoms with Crippen LogP contribution in [0.4, 0.5) is 0 Å². The van der Waals surface area contributed by atoms with Crippen LogP contribution in [0.25, 0.3) is 0 Å². The van der Waals surface area contributed by atoms with E-state index in [-0.39, 0.29) is 12.0 Å². The van der Waals surface area contributed by atoms with Crippen LogP contribution in [0, 0.1) is 5.92 Å². The van der Waals surface area contributed by atoms with Gasteiger partial charge in [0.05, 0.1) is 0 Å². The molecular formula is C9H16N2O2. The van der Waals surface area contributed by atoms with Gasteiger partial charge < -0.3 is 10.2 Å². The zero-order chi connectivity index (χ0) is 9.84. The molecule has 0 aliphatic carbocycles. The van der Waals surface area contributed by atoms with Gasteiger partial charge in [-0.3, -0.25) is 4.79 Å². The highest BCUT2D eigenvalue weighted by Gasteiger charge is 2.18. The summed E-state index contributed by atoms with van der Waals surface area (Å²) < 4.78 is 0. The standard InChI is InChI=1S/C9H16N2O2/c1-6(2)4-9(12)10-8-5-7(3)13-11-8/h6-7H,4-5H2,1-3H3,(H,10,11,12). The van der Waals surface area contributed by atoms with Crippen LogP contribution >= 0.6 is 0 Å². The van der Waals surface area contributed by atoms with E-state index < -0.39 is 0 Å². The molecule has 1 unspecified atom stereocenters. The molecule has 0 aromatic carbocycles. The first kappa shape index (κ1) is 10.0. The number of hydrogen-bond donors (Lipinski definition) is 1. The second-order valence-electron chi connectivity index (χ2n) is 3.80. The van der Waals surface area contributed by atoms with Gasteiger partial charge in [-0.25, -0.2) is 0 Å². The summed E-state index contributed by atoms with van der Waals surface area (Å²) in [6, 6.07) is 0. The fourth-order valence-corrected chi connectivity index (χ4v) is 1.16. The third-order valence-corrected chi connectivity index (χ3v) is 1.70. The summed E-state index contributed by atoms with van der Waals surface area (Å²) in [6.45, 7) is 5.94. The second kappa shape index (κ2) is 4.25. The molecule has 0 saturated heterocycles. The number of rotatable bonds is 2. The Balaban J connectivity index is 2.29. The van der Waals surface area contributed by atoms with Crippen molar-refractivity contribution in [3.05, 3.63) is 0 Å². The Kier molecular flexibility index (Phi) is 3.28. The van der Waals surface area contributed by atoms with Gasteiger partial charge in [-0.05, 0) is 12.8 Å². The molecule has 1 rings (SSSR count). The Hall–Kier alpha value is -1.06. The predicted molar refractivity (Wildman–Crippen MR) is 50.2 cm³/mol. The molecule has 0 radical (unpaired) electrons. The van der Waals surface area contributed by atoms with Crippen LogP contribution in [-0.4, -0.2) is 17.8 Å². The Labute approximate surface area is 78.3 Å². The topological polar surface area (TPSA) is 50.7 Å². The molecule has 4 heteroatoms. The zero-order valence-electron chi connectivity index (χ0n) is 8.33. The Bertz CT molecular complexity index is 224. The van der Waals surface area contributed by atoms with Crippen LogP contribution in [0.3, 0.4) is 0 Å². The number of carbonyl (C=O) groups excluding carboxylic acids is 1. The van der Waals surface area contributed by atoms with E-state index in [9.17, 15) is 4.79 Å². The lowest BCUT2D eigenvalue weighted by molar-refractivity contribution is -0.120. The summed E-state index contributed by atoms with van der Waals surface area (Å²) in [7, 11) is 0. The molecule has 1 aliphatic heterocycles. The van der Waals surface area contributed by atoms with Gasteiger partial charge in [0.15, 0.2) is 5.84 Å². The number of amidine groups is 1. The molecule has 1 aliphatic rings. The minimum atomic E-state index is 0.0199. The maximum Gasteiger partial charge on any atom is 0.225 e. The molecule has 4 nitrogen and oxygen atoms in total. The Morgan fingerprint density at radius 2 is 2.46 bits per heavy atom. The van der Waals surface area contributed by atoms with Gasteiger partial charge in [0.1, 0.15) is 6.10 Å². The van der Waals surface area contributed by atoms with E-state index in [4.69, 9.17) is 4.84 Å². The van der Waals surface area contributed by atoms with E-state index >= 15 is 0 Å². The highest BCUT2D eigenvalue weighted by Crippen LogP contribution is 2.08. The average molecular weight is 184 g/mol. The van der Waals surface area contributed by atoms with E-state index in [0.717, 1.165) is 0 Å². The molecule has 13 heavy (non-hydrogen) atoms. The first-order valence-corrected chi connectivity index (χ1v) is 4.60. The van der Waals surface area contributed by atoms with E-state index in [1.807, 2.05) is 20.8 Å². The number of hydrogen-bond acceptors (Lipinski definition) is 3. The van der Waals surface area contributed by atoms with E-state index in [1.54, 1.807) is 0 Å². The number of oxime groups is 1. The van der Waals surface area contributed by atoms with E-state index in [0.29, 0.717) is 24.6 Å². The van der Waals surface area contributed by atoms with Crippen molar-refractivity contribution in [1.29, 1.82) is 0 Å². The molecule has 74 valence electrons. The van der Waals surface area contributed by atoms with Gasteiger partial charge in [0.25, 0.3) is 0 Å². The van der Waals surface area contributed by atoms with Crippen molar-refractivity contribution in [3.8, 4) is 0 Å². The third kappa shape index (κ3) is 3.44. The Morgan fingerprint density at radius 3 is 2.92 bits per heavy atom. The number of carbonyl (C=O) groups is 1. The highest BCUT2D eigenvalue weighted by molar-refractivity contribution is 5.98. The molecule has 0 aromatic heterocycles. The molecule has 0 aromatic rings. The van der Waals surface area contributed by atoms with Crippen LogP contribution in [0.1, 0.15) is 33.6 Å². The number of nitrogens with one attached hydrogen (secondary N) is 1. The van der Waals surface area contributed by atoms with Crippen LogP contribution < -0.4 is 5.32 Å². The summed E-state index contributed by atoms with van der Waals surface area (Å²) in [5.74, 6) is 1.05. The molecule has 1 amide bonds. The first-order valence-electron chi connectivity index (χ1n) is 4.60. The highest BCUT2D eigenvalue weighted by atomic mass is 16.6. The smallest absolute Gasteiger partial charge is 0.225 e.